The fourth-order valence-corrected chi connectivity index (χ4v) is 3.83. The Labute approximate surface area is 151 Å². The summed E-state index contributed by atoms with van der Waals surface area (Å²) in [6, 6.07) is 5.33. The number of rotatable bonds is 4. The van der Waals surface area contributed by atoms with E-state index in [4.69, 9.17) is 13.6 Å². The Balaban J connectivity index is 1.35. The lowest BCUT2D eigenvalue weighted by Crippen LogP contribution is -2.49. The van der Waals surface area contributed by atoms with Crippen molar-refractivity contribution >= 4 is 11.8 Å². The Kier molecular flexibility index (Phi) is 4.55. The molecule has 2 aromatic rings. The molecule has 0 spiro atoms. The van der Waals surface area contributed by atoms with Crippen LogP contribution >= 0.6 is 0 Å². The number of nitrogens with one attached hydrogen (secondary N) is 1. The fraction of sp³-hybridized carbons (Fsp3) is 0.474. The number of hydrogen-bond donors (Lipinski definition) is 1. The van der Waals surface area contributed by atoms with Crippen LogP contribution in [0.25, 0.3) is 0 Å². The largest absolute Gasteiger partial charge is 0.469 e. The normalized spacial score (nSPS) is 25.1. The summed E-state index contributed by atoms with van der Waals surface area (Å²) >= 11 is 0. The number of amides is 2. The molecule has 4 rings (SSSR count). The van der Waals surface area contributed by atoms with Crippen molar-refractivity contribution in [2.75, 3.05) is 6.54 Å². The van der Waals surface area contributed by atoms with E-state index in [0.29, 0.717) is 36.6 Å². The van der Waals surface area contributed by atoms with Gasteiger partial charge in [0.05, 0.1) is 36.8 Å². The van der Waals surface area contributed by atoms with Crippen LogP contribution in [-0.4, -0.2) is 41.5 Å². The van der Waals surface area contributed by atoms with Crippen LogP contribution in [0.15, 0.2) is 39.6 Å². The number of ether oxygens (including phenoxy) is 1. The third-order valence-electron chi connectivity index (χ3n) is 5.21. The van der Waals surface area contributed by atoms with Crippen molar-refractivity contribution in [1.29, 1.82) is 0 Å². The van der Waals surface area contributed by atoms with Crippen LogP contribution in [0, 0.1) is 6.92 Å². The van der Waals surface area contributed by atoms with Crippen molar-refractivity contribution in [3.05, 3.63) is 47.8 Å². The third kappa shape index (κ3) is 3.14. The van der Waals surface area contributed by atoms with Crippen LogP contribution < -0.4 is 5.32 Å². The minimum absolute atomic E-state index is 0.0194. The number of aryl methyl sites for hydroxylation is 1. The first-order valence-electron chi connectivity index (χ1n) is 8.94. The van der Waals surface area contributed by atoms with Crippen molar-refractivity contribution in [1.82, 2.24) is 10.2 Å². The molecule has 2 aliphatic heterocycles. The van der Waals surface area contributed by atoms with E-state index in [0.717, 1.165) is 12.8 Å². The fourth-order valence-electron chi connectivity index (χ4n) is 3.83. The minimum atomic E-state index is -0.475. The van der Waals surface area contributed by atoms with Crippen LogP contribution in [0.3, 0.4) is 0 Å². The molecule has 2 fully saturated rings. The van der Waals surface area contributed by atoms with Gasteiger partial charge in [0.15, 0.2) is 0 Å². The smallest absolute Gasteiger partial charge is 0.257 e. The maximum absolute atomic E-state index is 12.8. The third-order valence-corrected chi connectivity index (χ3v) is 5.21. The highest BCUT2D eigenvalue weighted by atomic mass is 16.5. The minimum Gasteiger partial charge on any atom is -0.469 e. The van der Waals surface area contributed by atoms with Crippen molar-refractivity contribution in [3.8, 4) is 0 Å². The van der Waals surface area contributed by atoms with Gasteiger partial charge in [-0.3, -0.25) is 9.59 Å². The standard InChI is InChI=1S/C19H22N2O5/c1-12-14(7-10-24-12)19(23)21-8-6-16-15(21)4-5-17(26-16)18(22)20-11-13-3-2-9-25-13/h2-3,7,9-10,15-17H,4-6,8,11H2,1H3,(H,20,22)/t15-,16-,17-/m0/s1. The molecule has 7 heteroatoms. The number of fused-ring (bicyclic) bond motifs is 1. The topological polar surface area (TPSA) is 84.9 Å². The zero-order valence-corrected chi connectivity index (χ0v) is 14.6. The summed E-state index contributed by atoms with van der Waals surface area (Å²) in [4.78, 5) is 27.0. The van der Waals surface area contributed by atoms with Crippen LogP contribution in [0.4, 0.5) is 0 Å². The summed E-state index contributed by atoms with van der Waals surface area (Å²) in [5, 5.41) is 2.85. The lowest BCUT2D eigenvalue weighted by atomic mass is 9.98. The van der Waals surface area contributed by atoms with Crippen LogP contribution in [-0.2, 0) is 16.1 Å². The molecule has 0 aliphatic carbocycles. The second kappa shape index (κ2) is 6.99. The van der Waals surface area contributed by atoms with E-state index < -0.39 is 6.10 Å². The van der Waals surface area contributed by atoms with E-state index in [1.165, 1.54) is 6.26 Å². The molecule has 7 nitrogen and oxygen atoms in total. The predicted octanol–water partition coefficient (Wildman–Crippen LogP) is 2.26. The van der Waals surface area contributed by atoms with E-state index in [-0.39, 0.29) is 24.0 Å². The Morgan fingerprint density at radius 2 is 2.08 bits per heavy atom. The van der Waals surface area contributed by atoms with Gasteiger partial charge in [-0.25, -0.2) is 0 Å². The van der Waals surface area contributed by atoms with Gasteiger partial charge in [-0.05, 0) is 44.4 Å². The summed E-state index contributed by atoms with van der Waals surface area (Å²) in [6.45, 7) is 2.78. The summed E-state index contributed by atoms with van der Waals surface area (Å²) in [5.74, 6) is 1.19. The van der Waals surface area contributed by atoms with Crippen LogP contribution in [0.2, 0.25) is 0 Å². The molecule has 0 saturated carbocycles. The van der Waals surface area contributed by atoms with Gasteiger partial charge >= 0.3 is 0 Å². The summed E-state index contributed by atoms with van der Waals surface area (Å²) in [5.41, 5.74) is 0.601. The van der Waals surface area contributed by atoms with Gasteiger partial charge in [-0.15, -0.1) is 0 Å². The number of carbonyl (C=O) groups excluding carboxylic acids is 2. The zero-order valence-electron chi connectivity index (χ0n) is 14.6. The number of hydrogen-bond acceptors (Lipinski definition) is 5. The molecule has 0 bridgehead atoms. The molecule has 3 atom stereocenters. The van der Waals surface area contributed by atoms with E-state index in [9.17, 15) is 9.59 Å². The molecular formula is C19H22N2O5. The van der Waals surface area contributed by atoms with Crippen LogP contribution in [0.1, 0.15) is 41.1 Å². The number of carbonyl (C=O) groups is 2. The highest BCUT2D eigenvalue weighted by Crippen LogP contribution is 2.33. The van der Waals surface area contributed by atoms with Gasteiger partial charge in [0, 0.05) is 6.54 Å². The summed E-state index contributed by atoms with van der Waals surface area (Å²) in [7, 11) is 0. The lowest BCUT2D eigenvalue weighted by molar-refractivity contribution is -0.143. The quantitative estimate of drug-likeness (QED) is 0.906. The molecule has 0 aromatic carbocycles. The first-order valence-corrected chi connectivity index (χ1v) is 8.94. The molecule has 4 heterocycles. The number of nitrogens with zero attached hydrogens (tertiary/aromatic N) is 1. The molecule has 2 saturated heterocycles. The maximum Gasteiger partial charge on any atom is 0.257 e. The SMILES string of the molecule is Cc1occc1C(=O)N1CC[C@@H]2O[C@H](C(=O)NCc3ccco3)CC[C@@H]21. The Morgan fingerprint density at radius 1 is 1.19 bits per heavy atom. The van der Waals surface area contributed by atoms with Gasteiger partial charge < -0.3 is 23.8 Å². The molecule has 0 unspecified atom stereocenters. The van der Waals surface area contributed by atoms with Gasteiger partial charge in [-0.2, -0.15) is 0 Å². The van der Waals surface area contributed by atoms with E-state index in [2.05, 4.69) is 5.32 Å². The highest BCUT2D eigenvalue weighted by Gasteiger charge is 2.44. The summed E-state index contributed by atoms with van der Waals surface area (Å²) < 4.78 is 16.5. The van der Waals surface area contributed by atoms with Crippen molar-refractivity contribution < 1.29 is 23.2 Å². The molecule has 1 N–H and O–H groups in total. The monoisotopic (exact) mass is 358 g/mol. The summed E-state index contributed by atoms with van der Waals surface area (Å²) in [6.07, 6.45) is 4.64. The first-order chi connectivity index (χ1) is 12.6. The van der Waals surface area contributed by atoms with Gasteiger partial charge in [0.25, 0.3) is 5.91 Å². The number of furan rings is 2. The average Bonchev–Trinajstić information content (AvgIpc) is 3.39. The van der Waals surface area contributed by atoms with Crippen molar-refractivity contribution in [2.45, 2.75) is 51.0 Å². The van der Waals surface area contributed by atoms with E-state index in [1.807, 2.05) is 11.0 Å². The van der Waals surface area contributed by atoms with Crippen molar-refractivity contribution in [3.63, 3.8) is 0 Å². The van der Waals surface area contributed by atoms with Crippen LogP contribution in [0.5, 0.6) is 0 Å². The van der Waals surface area contributed by atoms with E-state index in [1.54, 1.807) is 25.3 Å². The lowest BCUT2D eigenvalue weighted by Gasteiger charge is -2.35. The molecule has 2 amide bonds. The molecule has 26 heavy (non-hydrogen) atoms. The highest BCUT2D eigenvalue weighted by molar-refractivity contribution is 5.95. The molecule has 0 radical (unpaired) electrons. The average molecular weight is 358 g/mol. The second-order valence-electron chi connectivity index (χ2n) is 6.78. The van der Waals surface area contributed by atoms with Gasteiger partial charge in [0.2, 0.25) is 5.91 Å². The number of likely N-dealkylation sites (tertiary alicyclic amines) is 1. The second-order valence-corrected chi connectivity index (χ2v) is 6.78. The zero-order chi connectivity index (χ0) is 18.1. The first kappa shape index (κ1) is 16.9. The Hall–Kier alpha value is -2.54. The maximum atomic E-state index is 12.8. The van der Waals surface area contributed by atoms with Gasteiger partial charge in [-0.1, -0.05) is 0 Å². The Bertz CT molecular complexity index is 782. The van der Waals surface area contributed by atoms with Gasteiger partial charge in [0.1, 0.15) is 17.6 Å². The molecule has 2 aliphatic rings. The molecular weight excluding hydrogens is 336 g/mol. The molecule has 138 valence electrons. The predicted molar refractivity (Wildman–Crippen MR) is 91.3 cm³/mol. The van der Waals surface area contributed by atoms with Crippen molar-refractivity contribution in [2.24, 2.45) is 0 Å². The molecule has 2 aromatic heterocycles. The Morgan fingerprint density at radius 3 is 2.81 bits per heavy atom. The van der Waals surface area contributed by atoms with E-state index >= 15 is 0 Å².